The first kappa shape index (κ1) is 27.4. The van der Waals surface area contributed by atoms with E-state index in [2.05, 4.69) is 29.0 Å². The second-order valence-electron chi connectivity index (χ2n) is 9.77. The van der Waals surface area contributed by atoms with Gasteiger partial charge in [-0.25, -0.2) is 4.79 Å². The van der Waals surface area contributed by atoms with Crippen LogP contribution in [0.3, 0.4) is 0 Å². The molecule has 186 valence electrons. The number of carbonyl (C=O) groups is 2. The summed E-state index contributed by atoms with van der Waals surface area (Å²) < 4.78 is 5.85. The molecule has 1 atom stereocenters. The molecule has 4 aliphatic rings. The van der Waals surface area contributed by atoms with Gasteiger partial charge in [0.15, 0.2) is 0 Å². The van der Waals surface area contributed by atoms with Crippen LogP contribution in [-0.4, -0.2) is 115 Å². The molecule has 10 heteroatoms. The number of piperidine rings is 1. The third-order valence-corrected chi connectivity index (χ3v) is 7.43. The smallest absolute Gasteiger partial charge is 0.410 e. The molecule has 0 saturated carbocycles. The van der Waals surface area contributed by atoms with Gasteiger partial charge in [0.25, 0.3) is 0 Å². The lowest BCUT2D eigenvalue weighted by Crippen LogP contribution is -2.52. The van der Waals surface area contributed by atoms with E-state index in [0.29, 0.717) is 25.7 Å². The number of piperazine rings is 1. The number of rotatable bonds is 6. The Morgan fingerprint density at radius 1 is 1.09 bits per heavy atom. The summed E-state index contributed by atoms with van der Waals surface area (Å²) in [5.74, 6) is 0.223. The number of halogens is 2. The van der Waals surface area contributed by atoms with Gasteiger partial charge in [0, 0.05) is 64.7 Å². The fourth-order valence-electron chi connectivity index (χ4n) is 5.36. The predicted molar refractivity (Wildman–Crippen MR) is 130 cm³/mol. The number of hydrogen-bond donors (Lipinski definition) is 1. The number of ether oxygens (including phenoxy) is 1. The van der Waals surface area contributed by atoms with Crippen LogP contribution >= 0.6 is 24.8 Å². The van der Waals surface area contributed by atoms with Gasteiger partial charge in [0.05, 0.1) is 12.6 Å². The average molecular weight is 495 g/mol. The molecular weight excluding hydrogens is 453 g/mol. The van der Waals surface area contributed by atoms with Gasteiger partial charge in [-0.2, -0.15) is 0 Å². The Bertz CT molecular complexity index is 617. The molecule has 4 heterocycles. The van der Waals surface area contributed by atoms with Gasteiger partial charge in [-0.05, 0) is 46.2 Å². The Balaban J connectivity index is 0.00000181. The normalized spacial score (nSPS) is 26.2. The quantitative estimate of drug-likeness (QED) is 0.608. The Hall–Kier alpha value is -0.800. The molecule has 0 radical (unpaired) electrons. The molecule has 2 amide bonds. The number of hydrogen-bond acceptors (Lipinski definition) is 6. The van der Waals surface area contributed by atoms with E-state index in [1.165, 1.54) is 0 Å². The fraction of sp³-hybridized carbons (Fsp3) is 0.909. The molecule has 0 unspecified atom stereocenters. The van der Waals surface area contributed by atoms with Crippen LogP contribution in [-0.2, 0) is 9.53 Å². The van der Waals surface area contributed by atoms with Gasteiger partial charge in [-0.15, -0.1) is 24.8 Å². The molecule has 0 aliphatic carbocycles. The van der Waals surface area contributed by atoms with E-state index in [4.69, 9.17) is 4.74 Å². The van der Waals surface area contributed by atoms with Crippen molar-refractivity contribution in [3.63, 3.8) is 0 Å². The molecule has 4 fully saturated rings. The highest BCUT2D eigenvalue weighted by molar-refractivity contribution is 5.85. The minimum absolute atomic E-state index is 0. The summed E-state index contributed by atoms with van der Waals surface area (Å²) in [4.78, 5) is 34.0. The largest absolute Gasteiger partial charge is 0.441 e. The standard InChI is InChI=1S/C22H39N5O3.2ClH/c1-18(2)25-15-13-24(14-16-25)9-4-10-27-17-22(30-21(27)29)6-11-26(12-7-22)20(28)19-5-3-8-23-19;;/h18-19,23H,3-17H2,1-2H3;2*1H/t19-;;/m0../s1. The summed E-state index contributed by atoms with van der Waals surface area (Å²) in [6.07, 6.45) is 4.35. The van der Waals surface area contributed by atoms with Crippen molar-refractivity contribution < 1.29 is 14.3 Å². The lowest BCUT2D eigenvalue weighted by atomic mass is 9.91. The minimum atomic E-state index is -0.389. The number of likely N-dealkylation sites (tertiary alicyclic amines) is 1. The Labute approximate surface area is 205 Å². The number of nitrogens with one attached hydrogen (secondary N) is 1. The van der Waals surface area contributed by atoms with E-state index in [-0.39, 0.29) is 48.5 Å². The second kappa shape index (κ2) is 12.1. The summed E-state index contributed by atoms with van der Waals surface area (Å²) in [5.41, 5.74) is -0.389. The average Bonchev–Trinajstić information content (AvgIpc) is 3.37. The van der Waals surface area contributed by atoms with Crippen LogP contribution in [0.1, 0.15) is 46.0 Å². The van der Waals surface area contributed by atoms with Crippen molar-refractivity contribution in [2.45, 2.75) is 63.6 Å². The third kappa shape index (κ3) is 6.41. The van der Waals surface area contributed by atoms with Crippen molar-refractivity contribution in [1.82, 2.24) is 24.9 Å². The van der Waals surface area contributed by atoms with Crippen LogP contribution in [0.25, 0.3) is 0 Å². The summed E-state index contributed by atoms with van der Waals surface area (Å²) >= 11 is 0. The van der Waals surface area contributed by atoms with Crippen molar-refractivity contribution in [3.8, 4) is 0 Å². The lowest BCUT2D eigenvalue weighted by Gasteiger charge is -2.38. The van der Waals surface area contributed by atoms with E-state index in [9.17, 15) is 9.59 Å². The molecule has 1 N–H and O–H groups in total. The van der Waals surface area contributed by atoms with Gasteiger partial charge in [-0.1, -0.05) is 0 Å². The Morgan fingerprint density at radius 3 is 2.38 bits per heavy atom. The molecular formula is C22H41Cl2N5O3. The van der Waals surface area contributed by atoms with E-state index >= 15 is 0 Å². The second-order valence-corrected chi connectivity index (χ2v) is 9.77. The van der Waals surface area contributed by atoms with Crippen molar-refractivity contribution in [3.05, 3.63) is 0 Å². The van der Waals surface area contributed by atoms with E-state index in [1.807, 2.05) is 9.80 Å². The fourth-order valence-corrected chi connectivity index (χ4v) is 5.36. The van der Waals surface area contributed by atoms with E-state index in [1.54, 1.807) is 0 Å². The first-order valence-corrected chi connectivity index (χ1v) is 11.9. The van der Waals surface area contributed by atoms with Gasteiger partial charge in [0.2, 0.25) is 5.91 Å². The lowest BCUT2D eigenvalue weighted by molar-refractivity contribution is -0.136. The SMILES string of the molecule is CC(C)N1CCN(CCCN2CC3(CCN(C(=O)[C@@H]4CCCN4)CC3)OC2=O)CC1.Cl.Cl. The van der Waals surface area contributed by atoms with Crippen LogP contribution in [0.15, 0.2) is 0 Å². The maximum absolute atomic E-state index is 12.6. The van der Waals surface area contributed by atoms with Crippen LogP contribution < -0.4 is 5.32 Å². The molecule has 0 aromatic rings. The molecule has 0 aromatic heterocycles. The topological polar surface area (TPSA) is 68.4 Å². The van der Waals surface area contributed by atoms with Gasteiger partial charge in [0.1, 0.15) is 5.60 Å². The predicted octanol–water partition coefficient (Wildman–Crippen LogP) is 1.81. The number of nitrogens with zero attached hydrogens (tertiary/aromatic N) is 4. The maximum Gasteiger partial charge on any atom is 0.410 e. The van der Waals surface area contributed by atoms with Gasteiger partial charge in [-0.3, -0.25) is 9.69 Å². The minimum Gasteiger partial charge on any atom is -0.441 e. The zero-order valence-electron chi connectivity index (χ0n) is 19.6. The Kier molecular flexibility index (Phi) is 10.3. The third-order valence-electron chi connectivity index (χ3n) is 7.43. The molecule has 0 bridgehead atoms. The molecule has 0 aromatic carbocycles. The van der Waals surface area contributed by atoms with Crippen molar-refractivity contribution in [2.24, 2.45) is 0 Å². The van der Waals surface area contributed by atoms with E-state index in [0.717, 1.165) is 77.9 Å². The number of amides is 2. The first-order valence-electron chi connectivity index (χ1n) is 11.9. The van der Waals surface area contributed by atoms with Crippen LogP contribution in [0.5, 0.6) is 0 Å². The molecule has 4 aliphatic heterocycles. The van der Waals surface area contributed by atoms with Gasteiger partial charge >= 0.3 is 6.09 Å². The molecule has 32 heavy (non-hydrogen) atoms. The highest BCUT2D eigenvalue weighted by Crippen LogP contribution is 2.33. The van der Waals surface area contributed by atoms with Crippen LogP contribution in [0.2, 0.25) is 0 Å². The summed E-state index contributed by atoms with van der Waals surface area (Å²) in [6.45, 7) is 13.8. The number of carbonyl (C=O) groups excluding carboxylic acids is 2. The zero-order chi connectivity index (χ0) is 21.1. The molecule has 8 nitrogen and oxygen atoms in total. The van der Waals surface area contributed by atoms with Crippen molar-refractivity contribution >= 4 is 36.8 Å². The summed E-state index contributed by atoms with van der Waals surface area (Å²) in [6, 6.07) is 0.614. The summed E-state index contributed by atoms with van der Waals surface area (Å²) in [7, 11) is 0. The molecule has 4 rings (SSSR count). The van der Waals surface area contributed by atoms with Gasteiger partial charge < -0.3 is 24.8 Å². The van der Waals surface area contributed by atoms with Crippen molar-refractivity contribution in [2.75, 3.05) is 65.4 Å². The highest BCUT2D eigenvalue weighted by Gasteiger charge is 2.47. The summed E-state index contributed by atoms with van der Waals surface area (Å²) in [5, 5.41) is 3.30. The zero-order valence-corrected chi connectivity index (χ0v) is 21.2. The molecule has 4 saturated heterocycles. The van der Waals surface area contributed by atoms with Crippen molar-refractivity contribution in [1.29, 1.82) is 0 Å². The van der Waals surface area contributed by atoms with Crippen LogP contribution in [0.4, 0.5) is 4.79 Å². The highest BCUT2D eigenvalue weighted by atomic mass is 35.5. The molecule has 1 spiro atoms. The first-order chi connectivity index (χ1) is 14.5. The van der Waals surface area contributed by atoms with E-state index < -0.39 is 0 Å². The Morgan fingerprint density at radius 2 is 1.78 bits per heavy atom. The maximum atomic E-state index is 12.6. The monoisotopic (exact) mass is 493 g/mol. The van der Waals surface area contributed by atoms with Crippen LogP contribution in [0, 0.1) is 0 Å².